The van der Waals surface area contributed by atoms with Gasteiger partial charge in [0.05, 0.1) is 11.0 Å². The standard InChI is InChI=1S/C18H19N3O7S2/c19-17(29)20(18(22)23)11-5-4-6-13-9-10-14(12-16(13)21(24)25)28-30(26,27)15-7-2-1-3-8-15/h1-3,7-10,12H,4-6,11H2,(H2,19,29)(H,22,23). The summed E-state index contributed by atoms with van der Waals surface area (Å²) >= 11 is 4.65. The number of nitro groups is 1. The Morgan fingerprint density at radius 1 is 1.20 bits per heavy atom. The van der Waals surface area contributed by atoms with Crippen molar-refractivity contribution in [1.82, 2.24) is 4.90 Å². The van der Waals surface area contributed by atoms with Crippen molar-refractivity contribution in [2.24, 2.45) is 5.73 Å². The van der Waals surface area contributed by atoms with Crippen LogP contribution in [-0.4, -0.2) is 41.1 Å². The SMILES string of the molecule is NC(=S)N(CCCCc1ccc(OS(=O)(=O)c2ccccc2)cc1[N+](=O)[O-])C(=O)O. The molecule has 12 heteroatoms. The summed E-state index contributed by atoms with van der Waals surface area (Å²) in [7, 11) is -4.12. The van der Waals surface area contributed by atoms with E-state index in [1.807, 2.05) is 0 Å². The van der Waals surface area contributed by atoms with Crippen LogP contribution in [0.4, 0.5) is 10.5 Å². The Labute approximate surface area is 178 Å². The van der Waals surface area contributed by atoms with Crippen LogP contribution in [0.25, 0.3) is 0 Å². The van der Waals surface area contributed by atoms with Crippen molar-refractivity contribution in [1.29, 1.82) is 0 Å². The molecule has 0 aliphatic rings. The highest BCUT2D eigenvalue weighted by Gasteiger charge is 2.21. The second kappa shape index (κ2) is 9.98. The highest BCUT2D eigenvalue weighted by molar-refractivity contribution is 7.87. The van der Waals surface area contributed by atoms with Gasteiger partial charge >= 0.3 is 16.2 Å². The van der Waals surface area contributed by atoms with Gasteiger partial charge in [-0.1, -0.05) is 18.2 Å². The predicted octanol–water partition coefficient (Wildman–Crippen LogP) is 2.91. The number of rotatable bonds is 9. The van der Waals surface area contributed by atoms with Crippen molar-refractivity contribution in [3.05, 3.63) is 64.2 Å². The summed E-state index contributed by atoms with van der Waals surface area (Å²) in [5, 5.41) is 20.1. The zero-order valence-electron chi connectivity index (χ0n) is 15.6. The molecule has 10 nitrogen and oxygen atoms in total. The van der Waals surface area contributed by atoms with Gasteiger partial charge in [-0.3, -0.25) is 15.0 Å². The van der Waals surface area contributed by atoms with Crippen molar-refractivity contribution in [2.45, 2.75) is 24.2 Å². The molecule has 0 aromatic heterocycles. The number of carbonyl (C=O) groups is 1. The maximum Gasteiger partial charge on any atom is 0.413 e. The molecule has 0 spiro atoms. The van der Waals surface area contributed by atoms with Gasteiger partial charge in [-0.2, -0.15) is 8.42 Å². The van der Waals surface area contributed by atoms with Crippen LogP contribution in [0.1, 0.15) is 18.4 Å². The number of hydrogen-bond acceptors (Lipinski definition) is 7. The van der Waals surface area contributed by atoms with E-state index in [1.165, 1.54) is 36.4 Å². The first-order chi connectivity index (χ1) is 14.1. The van der Waals surface area contributed by atoms with Crippen LogP contribution in [0, 0.1) is 10.1 Å². The average Bonchev–Trinajstić information content (AvgIpc) is 2.68. The molecule has 0 unspecified atom stereocenters. The van der Waals surface area contributed by atoms with Crippen molar-refractivity contribution in [3.8, 4) is 5.75 Å². The van der Waals surface area contributed by atoms with Crippen LogP contribution >= 0.6 is 12.2 Å². The van der Waals surface area contributed by atoms with E-state index >= 15 is 0 Å². The summed E-state index contributed by atoms with van der Waals surface area (Å²) in [4.78, 5) is 22.5. The van der Waals surface area contributed by atoms with Gasteiger partial charge in [-0.15, -0.1) is 0 Å². The zero-order valence-corrected chi connectivity index (χ0v) is 17.3. The normalized spacial score (nSPS) is 10.9. The van der Waals surface area contributed by atoms with Crippen molar-refractivity contribution in [3.63, 3.8) is 0 Å². The third-order valence-corrected chi connectivity index (χ3v) is 5.55. The Morgan fingerprint density at radius 3 is 2.43 bits per heavy atom. The van der Waals surface area contributed by atoms with Gasteiger partial charge in [0, 0.05) is 12.1 Å². The summed E-state index contributed by atoms with van der Waals surface area (Å²) in [6.07, 6.45) is -0.195. The van der Waals surface area contributed by atoms with Gasteiger partial charge in [-0.05, 0) is 55.7 Å². The second-order valence-electron chi connectivity index (χ2n) is 6.13. The van der Waals surface area contributed by atoms with Gasteiger partial charge in [0.25, 0.3) is 5.69 Å². The fourth-order valence-electron chi connectivity index (χ4n) is 2.62. The maximum absolute atomic E-state index is 12.3. The van der Waals surface area contributed by atoms with Crippen LogP contribution in [0.15, 0.2) is 53.4 Å². The highest BCUT2D eigenvalue weighted by Crippen LogP contribution is 2.28. The molecule has 0 aliphatic heterocycles. The number of nitrogens with two attached hydrogens (primary N) is 1. The lowest BCUT2D eigenvalue weighted by Gasteiger charge is -2.16. The van der Waals surface area contributed by atoms with Crippen molar-refractivity contribution >= 4 is 39.2 Å². The number of thiocarbonyl (C=S) groups is 1. The lowest BCUT2D eigenvalue weighted by atomic mass is 10.1. The van der Waals surface area contributed by atoms with Gasteiger partial charge < -0.3 is 15.0 Å². The minimum absolute atomic E-state index is 0.0645. The van der Waals surface area contributed by atoms with Crippen LogP contribution in [0.3, 0.4) is 0 Å². The lowest BCUT2D eigenvalue weighted by molar-refractivity contribution is -0.385. The molecule has 0 aliphatic carbocycles. The number of nitro benzene ring substituents is 1. The summed E-state index contributed by atoms with van der Waals surface area (Å²) in [5.41, 5.74) is 5.40. The number of unbranched alkanes of at least 4 members (excludes halogenated alkanes) is 1. The van der Waals surface area contributed by atoms with E-state index in [-0.39, 0.29) is 34.4 Å². The Morgan fingerprint density at radius 2 is 1.87 bits per heavy atom. The van der Waals surface area contributed by atoms with Crippen LogP contribution in [-0.2, 0) is 16.5 Å². The molecule has 30 heavy (non-hydrogen) atoms. The zero-order chi connectivity index (χ0) is 22.3. The summed E-state index contributed by atoms with van der Waals surface area (Å²) in [6.45, 7) is 0.0645. The van der Waals surface area contributed by atoms with Crippen LogP contribution in [0.5, 0.6) is 5.75 Å². The number of aryl methyl sites for hydroxylation is 1. The minimum Gasteiger partial charge on any atom is -0.465 e. The van der Waals surface area contributed by atoms with Crippen molar-refractivity contribution in [2.75, 3.05) is 6.54 Å². The molecule has 0 atom stereocenters. The Hall–Kier alpha value is -3.25. The van der Waals surface area contributed by atoms with Gasteiger partial charge in [-0.25, -0.2) is 4.79 Å². The quantitative estimate of drug-likeness (QED) is 0.192. The molecule has 2 aromatic carbocycles. The highest BCUT2D eigenvalue weighted by atomic mass is 32.2. The average molecular weight is 453 g/mol. The molecule has 0 heterocycles. The van der Waals surface area contributed by atoms with E-state index in [1.54, 1.807) is 6.07 Å². The minimum atomic E-state index is -4.12. The maximum atomic E-state index is 12.3. The topological polar surface area (TPSA) is 153 Å². The lowest BCUT2D eigenvalue weighted by Crippen LogP contribution is -2.40. The number of benzene rings is 2. The summed E-state index contributed by atoms with van der Waals surface area (Å²) < 4.78 is 29.6. The number of carboxylic acid groups (broad SMARTS) is 1. The smallest absolute Gasteiger partial charge is 0.413 e. The first kappa shape index (κ1) is 23.0. The first-order valence-electron chi connectivity index (χ1n) is 8.68. The van der Waals surface area contributed by atoms with E-state index in [4.69, 9.17) is 15.0 Å². The third-order valence-electron chi connectivity index (χ3n) is 4.07. The molecule has 0 fully saturated rings. The molecule has 1 amide bonds. The monoisotopic (exact) mass is 453 g/mol. The van der Waals surface area contributed by atoms with E-state index in [9.17, 15) is 23.3 Å². The molecule has 0 saturated heterocycles. The Balaban J connectivity index is 2.09. The molecule has 0 radical (unpaired) electrons. The molecule has 0 bridgehead atoms. The number of hydrogen-bond donors (Lipinski definition) is 2. The van der Waals surface area contributed by atoms with E-state index in [2.05, 4.69) is 12.2 Å². The first-order valence-corrected chi connectivity index (χ1v) is 10.5. The van der Waals surface area contributed by atoms with Crippen LogP contribution in [0.2, 0.25) is 0 Å². The summed E-state index contributed by atoms with van der Waals surface area (Å²) in [5.74, 6) is -0.181. The number of amides is 1. The van der Waals surface area contributed by atoms with Gasteiger partial charge in [0.2, 0.25) is 0 Å². The molecule has 0 saturated carbocycles. The second-order valence-corrected chi connectivity index (χ2v) is 8.09. The van der Waals surface area contributed by atoms with E-state index in [0.717, 1.165) is 11.0 Å². The van der Waals surface area contributed by atoms with E-state index < -0.39 is 21.1 Å². The fourth-order valence-corrected chi connectivity index (χ4v) is 3.74. The molecular formula is C18H19N3O7S2. The van der Waals surface area contributed by atoms with Gasteiger partial charge in [0.15, 0.2) is 5.11 Å². The largest absolute Gasteiger partial charge is 0.465 e. The Kier molecular flexibility index (Phi) is 7.66. The van der Waals surface area contributed by atoms with Crippen molar-refractivity contribution < 1.29 is 27.4 Å². The third kappa shape index (κ3) is 6.12. The van der Waals surface area contributed by atoms with E-state index in [0.29, 0.717) is 18.4 Å². The summed E-state index contributed by atoms with van der Waals surface area (Å²) in [6, 6.07) is 11.2. The molecule has 2 aromatic rings. The molecule has 3 N–H and O–H groups in total. The van der Waals surface area contributed by atoms with Crippen LogP contribution < -0.4 is 9.92 Å². The fraction of sp³-hybridized carbons (Fsp3) is 0.222. The molecule has 2 rings (SSSR count). The van der Waals surface area contributed by atoms with Gasteiger partial charge in [0.1, 0.15) is 10.6 Å². The Bertz CT molecular complexity index is 1030. The molecular weight excluding hydrogens is 434 g/mol. The molecule has 160 valence electrons. The predicted molar refractivity (Wildman–Crippen MR) is 112 cm³/mol. The number of nitrogens with zero attached hydrogens (tertiary/aromatic N) is 2.